The van der Waals surface area contributed by atoms with E-state index in [1.54, 1.807) is 0 Å². The van der Waals surface area contributed by atoms with Gasteiger partial charge in [0.05, 0.1) is 0 Å². The van der Waals surface area contributed by atoms with Crippen LogP contribution >= 0.6 is 0 Å². The highest BCUT2D eigenvalue weighted by Gasteiger charge is 2.07. The van der Waals surface area contributed by atoms with Crippen LogP contribution < -0.4 is 11.1 Å². The van der Waals surface area contributed by atoms with Gasteiger partial charge in [-0.15, -0.1) is 0 Å². The summed E-state index contributed by atoms with van der Waals surface area (Å²) in [5.41, 5.74) is 5.99. The Hall–Kier alpha value is -0.0800. The molecule has 14 heavy (non-hydrogen) atoms. The molecule has 86 valence electrons. The van der Waals surface area contributed by atoms with Gasteiger partial charge in [0.25, 0.3) is 0 Å². The summed E-state index contributed by atoms with van der Waals surface area (Å²) in [4.78, 5) is 0. The quantitative estimate of drug-likeness (QED) is 0.632. The van der Waals surface area contributed by atoms with Crippen molar-refractivity contribution in [3.8, 4) is 0 Å². The Bertz CT molecular complexity index is 123. The molecule has 0 aliphatic rings. The van der Waals surface area contributed by atoms with E-state index in [0.717, 1.165) is 13.0 Å². The predicted octanol–water partition coefficient (Wildman–Crippen LogP) is 2.53. The standard InChI is InChI=1S/C12H28N2/c1-5-6-7-11(4)14-9-12(13)8-10(2)3/h10-12,14H,5-9,13H2,1-4H3. The Kier molecular flexibility index (Phi) is 8.20. The Morgan fingerprint density at radius 2 is 1.86 bits per heavy atom. The van der Waals surface area contributed by atoms with Crippen LogP contribution in [0.2, 0.25) is 0 Å². The van der Waals surface area contributed by atoms with Crippen LogP contribution in [-0.2, 0) is 0 Å². The summed E-state index contributed by atoms with van der Waals surface area (Å²) in [6, 6.07) is 0.937. The molecular formula is C12H28N2. The lowest BCUT2D eigenvalue weighted by molar-refractivity contribution is 0.425. The van der Waals surface area contributed by atoms with Gasteiger partial charge < -0.3 is 11.1 Å². The van der Waals surface area contributed by atoms with Crippen molar-refractivity contribution in [2.24, 2.45) is 11.7 Å². The number of nitrogens with one attached hydrogen (secondary N) is 1. The lowest BCUT2D eigenvalue weighted by atomic mass is 10.0. The SMILES string of the molecule is CCCCC(C)NCC(N)CC(C)C. The van der Waals surface area contributed by atoms with E-state index in [0.29, 0.717) is 18.0 Å². The van der Waals surface area contributed by atoms with Gasteiger partial charge in [-0.3, -0.25) is 0 Å². The molecule has 0 aliphatic carbocycles. The maximum Gasteiger partial charge on any atom is 0.0167 e. The molecule has 0 saturated heterocycles. The number of hydrogen-bond acceptors (Lipinski definition) is 2. The average molecular weight is 200 g/mol. The fraction of sp³-hybridized carbons (Fsp3) is 1.00. The number of hydrogen-bond donors (Lipinski definition) is 2. The Morgan fingerprint density at radius 1 is 1.21 bits per heavy atom. The van der Waals surface area contributed by atoms with Crippen LogP contribution in [0.25, 0.3) is 0 Å². The third kappa shape index (κ3) is 8.52. The van der Waals surface area contributed by atoms with Gasteiger partial charge in [-0.1, -0.05) is 33.6 Å². The van der Waals surface area contributed by atoms with Crippen LogP contribution in [0.3, 0.4) is 0 Å². The molecule has 0 aromatic carbocycles. The monoisotopic (exact) mass is 200 g/mol. The van der Waals surface area contributed by atoms with Crippen LogP contribution in [0, 0.1) is 5.92 Å². The molecule has 0 radical (unpaired) electrons. The molecule has 3 N–H and O–H groups in total. The Labute approximate surface area is 89.6 Å². The molecule has 0 saturated carbocycles. The summed E-state index contributed by atoms with van der Waals surface area (Å²) in [7, 11) is 0. The minimum absolute atomic E-state index is 0.319. The highest BCUT2D eigenvalue weighted by molar-refractivity contribution is 4.69. The Balaban J connectivity index is 3.40. The number of unbranched alkanes of at least 4 members (excludes halogenated alkanes) is 1. The molecule has 2 heteroatoms. The zero-order chi connectivity index (χ0) is 11.0. The van der Waals surface area contributed by atoms with Crippen molar-refractivity contribution in [2.45, 2.75) is 65.5 Å². The first-order valence-corrected chi connectivity index (χ1v) is 6.05. The summed E-state index contributed by atoms with van der Waals surface area (Å²) in [6.45, 7) is 9.89. The molecule has 0 aromatic heterocycles. The Morgan fingerprint density at radius 3 is 2.36 bits per heavy atom. The molecule has 0 fully saturated rings. The van der Waals surface area contributed by atoms with Crippen LogP contribution in [0.4, 0.5) is 0 Å². The van der Waals surface area contributed by atoms with Gasteiger partial charge in [0.2, 0.25) is 0 Å². The third-order valence-corrected chi connectivity index (χ3v) is 2.49. The number of rotatable bonds is 8. The van der Waals surface area contributed by atoms with Crippen molar-refractivity contribution in [3.63, 3.8) is 0 Å². The maximum absolute atomic E-state index is 5.99. The van der Waals surface area contributed by atoms with Crippen molar-refractivity contribution in [1.29, 1.82) is 0 Å². The molecule has 0 aliphatic heterocycles. The molecule has 2 nitrogen and oxygen atoms in total. The lowest BCUT2D eigenvalue weighted by Gasteiger charge is -2.18. The van der Waals surface area contributed by atoms with Gasteiger partial charge in [-0.2, -0.15) is 0 Å². The van der Waals surface area contributed by atoms with Crippen LogP contribution in [-0.4, -0.2) is 18.6 Å². The minimum Gasteiger partial charge on any atom is -0.327 e. The first-order valence-electron chi connectivity index (χ1n) is 6.05. The van der Waals surface area contributed by atoms with Crippen molar-refractivity contribution >= 4 is 0 Å². The van der Waals surface area contributed by atoms with Crippen LogP contribution in [0.15, 0.2) is 0 Å². The van der Waals surface area contributed by atoms with E-state index in [1.807, 2.05) is 0 Å². The first-order chi connectivity index (χ1) is 6.56. The van der Waals surface area contributed by atoms with E-state index in [4.69, 9.17) is 5.73 Å². The molecular weight excluding hydrogens is 172 g/mol. The van der Waals surface area contributed by atoms with E-state index < -0.39 is 0 Å². The smallest absolute Gasteiger partial charge is 0.0167 e. The summed E-state index contributed by atoms with van der Waals surface area (Å²) >= 11 is 0. The van der Waals surface area contributed by atoms with E-state index in [-0.39, 0.29) is 0 Å². The normalized spacial score (nSPS) is 15.9. The van der Waals surface area contributed by atoms with E-state index in [2.05, 4.69) is 33.0 Å². The molecule has 0 amide bonds. The summed E-state index contributed by atoms with van der Waals surface area (Å²) in [5, 5.41) is 3.50. The molecule has 0 bridgehead atoms. The topological polar surface area (TPSA) is 38.0 Å². The van der Waals surface area contributed by atoms with Crippen molar-refractivity contribution < 1.29 is 0 Å². The summed E-state index contributed by atoms with van der Waals surface area (Å²) < 4.78 is 0. The average Bonchev–Trinajstić information content (AvgIpc) is 2.10. The molecule has 0 spiro atoms. The minimum atomic E-state index is 0.319. The van der Waals surface area contributed by atoms with E-state index in [9.17, 15) is 0 Å². The maximum atomic E-state index is 5.99. The third-order valence-electron chi connectivity index (χ3n) is 2.49. The van der Waals surface area contributed by atoms with Crippen molar-refractivity contribution in [3.05, 3.63) is 0 Å². The van der Waals surface area contributed by atoms with Gasteiger partial charge in [-0.25, -0.2) is 0 Å². The van der Waals surface area contributed by atoms with Gasteiger partial charge in [0, 0.05) is 18.6 Å². The molecule has 2 unspecified atom stereocenters. The second kappa shape index (κ2) is 8.25. The second-order valence-electron chi connectivity index (χ2n) is 4.84. The summed E-state index contributed by atoms with van der Waals surface area (Å²) in [5.74, 6) is 0.706. The molecule has 0 heterocycles. The fourth-order valence-corrected chi connectivity index (χ4v) is 1.65. The second-order valence-corrected chi connectivity index (χ2v) is 4.84. The molecule has 2 atom stereocenters. The molecule has 0 rings (SSSR count). The largest absolute Gasteiger partial charge is 0.327 e. The highest BCUT2D eigenvalue weighted by atomic mass is 14.9. The number of nitrogens with two attached hydrogens (primary N) is 1. The van der Waals surface area contributed by atoms with Crippen molar-refractivity contribution in [1.82, 2.24) is 5.32 Å². The lowest BCUT2D eigenvalue weighted by Crippen LogP contribution is -2.39. The van der Waals surface area contributed by atoms with E-state index >= 15 is 0 Å². The van der Waals surface area contributed by atoms with Gasteiger partial charge in [0.1, 0.15) is 0 Å². The van der Waals surface area contributed by atoms with E-state index in [1.165, 1.54) is 19.3 Å². The first kappa shape index (κ1) is 13.9. The highest BCUT2D eigenvalue weighted by Crippen LogP contribution is 2.03. The van der Waals surface area contributed by atoms with Crippen molar-refractivity contribution in [2.75, 3.05) is 6.54 Å². The van der Waals surface area contributed by atoms with Gasteiger partial charge in [-0.05, 0) is 25.7 Å². The van der Waals surface area contributed by atoms with Gasteiger partial charge >= 0.3 is 0 Å². The fourth-order valence-electron chi connectivity index (χ4n) is 1.65. The summed E-state index contributed by atoms with van der Waals surface area (Å²) in [6.07, 6.45) is 4.98. The molecule has 0 aromatic rings. The van der Waals surface area contributed by atoms with Crippen LogP contribution in [0.5, 0.6) is 0 Å². The predicted molar refractivity (Wildman–Crippen MR) is 64.4 cm³/mol. The zero-order valence-corrected chi connectivity index (χ0v) is 10.3. The van der Waals surface area contributed by atoms with Crippen LogP contribution in [0.1, 0.15) is 53.4 Å². The van der Waals surface area contributed by atoms with Gasteiger partial charge in [0.15, 0.2) is 0 Å². The zero-order valence-electron chi connectivity index (χ0n) is 10.3.